The molecule has 0 radical (unpaired) electrons. The largest absolute Gasteiger partial charge is 0.361 e. The average Bonchev–Trinajstić information content (AvgIpc) is 3.04. The molecule has 1 unspecified atom stereocenters. The minimum absolute atomic E-state index is 0.297. The third kappa shape index (κ3) is 3.03. The highest BCUT2D eigenvalue weighted by molar-refractivity contribution is 5.85. The summed E-state index contributed by atoms with van der Waals surface area (Å²) in [5, 5.41) is 1.25. The molecule has 0 amide bonds. The molecule has 116 valence electrons. The molecular weight excluding hydrogens is 278 g/mol. The molecule has 1 heterocycles. The molecule has 0 aliphatic rings. The third-order valence-electron chi connectivity index (χ3n) is 4.47. The number of hydrogen-bond acceptors (Lipinski definition) is 0. The maximum absolute atomic E-state index is 3.57. The van der Waals surface area contributed by atoms with Crippen molar-refractivity contribution in [1.29, 1.82) is 0 Å². The highest BCUT2D eigenvalue weighted by Gasteiger charge is 2.29. The van der Waals surface area contributed by atoms with Gasteiger partial charge in [0, 0.05) is 23.5 Å². The van der Waals surface area contributed by atoms with Crippen LogP contribution in [0.3, 0.4) is 0 Å². The molecule has 3 rings (SSSR count). The van der Waals surface area contributed by atoms with Crippen LogP contribution in [0.4, 0.5) is 0 Å². The Morgan fingerprint density at radius 1 is 1.00 bits per heavy atom. The van der Waals surface area contributed by atoms with Gasteiger partial charge in [-0.15, -0.1) is 5.92 Å². The van der Waals surface area contributed by atoms with Crippen molar-refractivity contribution < 1.29 is 0 Å². The predicted octanol–water partition coefficient (Wildman–Crippen LogP) is 5.67. The summed E-state index contributed by atoms with van der Waals surface area (Å²) in [6.07, 6.45) is 5.42. The average molecular weight is 301 g/mol. The topological polar surface area (TPSA) is 15.8 Å². The lowest BCUT2D eigenvalue weighted by Crippen LogP contribution is -2.21. The number of fused-ring (bicyclic) bond motifs is 1. The summed E-state index contributed by atoms with van der Waals surface area (Å²) in [6.45, 7) is 4.44. The predicted molar refractivity (Wildman–Crippen MR) is 98.5 cm³/mol. The molecule has 0 bridgehead atoms. The van der Waals surface area contributed by atoms with Crippen LogP contribution in [0, 0.1) is 11.8 Å². The molecule has 0 aliphatic heterocycles. The van der Waals surface area contributed by atoms with E-state index in [0.717, 1.165) is 12.8 Å². The Labute approximate surface area is 138 Å². The van der Waals surface area contributed by atoms with E-state index >= 15 is 0 Å². The lowest BCUT2D eigenvalue weighted by Gasteiger charge is -2.24. The van der Waals surface area contributed by atoms with E-state index in [-0.39, 0.29) is 5.41 Å². The van der Waals surface area contributed by atoms with Gasteiger partial charge in [-0.3, -0.25) is 0 Å². The van der Waals surface area contributed by atoms with Crippen LogP contribution in [0.1, 0.15) is 44.2 Å². The normalized spacial score (nSPS) is 13.3. The summed E-state index contributed by atoms with van der Waals surface area (Å²) in [6, 6.07) is 19.1. The van der Waals surface area contributed by atoms with E-state index in [4.69, 9.17) is 0 Å². The van der Waals surface area contributed by atoms with Crippen LogP contribution in [-0.4, -0.2) is 4.98 Å². The Bertz CT molecular complexity index is 832. The smallest absolute Gasteiger partial charge is 0.0804 e. The van der Waals surface area contributed by atoms with Crippen molar-refractivity contribution in [2.24, 2.45) is 0 Å². The quantitative estimate of drug-likeness (QED) is 0.472. The summed E-state index contributed by atoms with van der Waals surface area (Å²) in [5.41, 5.74) is 3.37. The SMILES string of the molecule is CCCCC#CC(C)(c1ccccc1)c1c[nH]c2ccccc12. The monoisotopic (exact) mass is 301 g/mol. The second-order valence-electron chi connectivity index (χ2n) is 6.14. The zero-order valence-corrected chi connectivity index (χ0v) is 13.9. The molecule has 1 atom stereocenters. The van der Waals surface area contributed by atoms with Gasteiger partial charge in [-0.1, -0.05) is 67.8 Å². The van der Waals surface area contributed by atoms with Crippen molar-refractivity contribution in [3.05, 3.63) is 71.9 Å². The van der Waals surface area contributed by atoms with Crippen molar-refractivity contribution in [3.8, 4) is 11.8 Å². The maximum Gasteiger partial charge on any atom is 0.0804 e. The number of aromatic nitrogens is 1. The molecule has 2 aromatic carbocycles. The van der Waals surface area contributed by atoms with Gasteiger partial charge in [0.2, 0.25) is 0 Å². The molecule has 0 aliphatic carbocycles. The maximum atomic E-state index is 3.57. The zero-order chi connectivity index (χ0) is 16.1. The number of rotatable bonds is 4. The lowest BCUT2D eigenvalue weighted by atomic mass is 9.76. The number of unbranched alkanes of at least 4 members (excludes halogenated alkanes) is 2. The molecule has 0 spiro atoms. The molecule has 0 saturated heterocycles. The first-order valence-electron chi connectivity index (χ1n) is 8.38. The van der Waals surface area contributed by atoms with E-state index in [0.29, 0.717) is 0 Å². The summed E-state index contributed by atoms with van der Waals surface area (Å²) in [7, 11) is 0. The summed E-state index contributed by atoms with van der Waals surface area (Å²) >= 11 is 0. The van der Waals surface area contributed by atoms with Gasteiger partial charge in [-0.2, -0.15) is 0 Å². The first-order valence-corrected chi connectivity index (χ1v) is 8.38. The Hall–Kier alpha value is -2.46. The number of para-hydroxylation sites is 1. The lowest BCUT2D eigenvalue weighted by molar-refractivity contribution is 0.756. The van der Waals surface area contributed by atoms with Crippen LogP contribution in [0.15, 0.2) is 60.8 Å². The van der Waals surface area contributed by atoms with E-state index < -0.39 is 0 Å². The Kier molecular flexibility index (Phi) is 4.53. The fraction of sp³-hybridized carbons (Fsp3) is 0.273. The van der Waals surface area contributed by atoms with E-state index in [9.17, 15) is 0 Å². The van der Waals surface area contributed by atoms with Crippen molar-refractivity contribution in [3.63, 3.8) is 0 Å². The highest BCUT2D eigenvalue weighted by Crippen LogP contribution is 2.36. The minimum Gasteiger partial charge on any atom is -0.361 e. The number of benzene rings is 2. The van der Waals surface area contributed by atoms with Crippen molar-refractivity contribution in [2.75, 3.05) is 0 Å². The van der Waals surface area contributed by atoms with Crippen LogP contribution in [-0.2, 0) is 5.41 Å². The van der Waals surface area contributed by atoms with Crippen LogP contribution < -0.4 is 0 Å². The Morgan fingerprint density at radius 2 is 1.74 bits per heavy atom. The van der Waals surface area contributed by atoms with Gasteiger partial charge in [0.05, 0.1) is 5.41 Å². The molecule has 1 heteroatoms. The van der Waals surface area contributed by atoms with Gasteiger partial charge in [-0.05, 0) is 30.5 Å². The molecule has 23 heavy (non-hydrogen) atoms. The van der Waals surface area contributed by atoms with Crippen molar-refractivity contribution in [2.45, 2.75) is 38.5 Å². The second kappa shape index (κ2) is 6.75. The molecule has 0 fully saturated rings. The third-order valence-corrected chi connectivity index (χ3v) is 4.47. The van der Waals surface area contributed by atoms with E-state index in [1.807, 2.05) is 0 Å². The molecular formula is C22H23N. The van der Waals surface area contributed by atoms with Crippen LogP contribution in [0.5, 0.6) is 0 Å². The van der Waals surface area contributed by atoms with Gasteiger partial charge in [-0.25, -0.2) is 0 Å². The fourth-order valence-electron chi connectivity index (χ4n) is 3.06. The zero-order valence-electron chi connectivity index (χ0n) is 13.9. The first-order chi connectivity index (χ1) is 11.3. The van der Waals surface area contributed by atoms with Crippen molar-refractivity contribution in [1.82, 2.24) is 4.98 Å². The summed E-state index contributed by atoms with van der Waals surface area (Å²) in [5.74, 6) is 6.99. The van der Waals surface area contributed by atoms with Gasteiger partial charge in [0.25, 0.3) is 0 Å². The van der Waals surface area contributed by atoms with Crippen LogP contribution in [0.2, 0.25) is 0 Å². The molecule has 1 aromatic heterocycles. The minimum atomic E-state index is -0.297. The van der Waals surface area contributed by atoms with Crippen LogP contribution in [0.25, 0.3) is 10.9 Å². The van der Waals surface area contributed by atoms with E-state index in [1.165, 1.54) is 28.5 Å². The standard InChI is InChI=1S/C22H23N/c1-3-4-5-11-16-22(2,18-12-7-6-8-13-18)20-17-23-21-15-10-9-14-19(20)21/h6-10,12-15,17,23H,3-5H2,1-2H3. The summed E-state index contributed by atoms with van der Waals surface area (Å²) in [4.78, 5) is 3.40. The van der Waals surface area contributed by atoms with Crippen LogP contribution >= 0.6 is 0 Å². The number of aromatic amines is 1. The Balaban J connectivity index is 2.13. The van der Waals surface area contributed by atoms with Crippen molar-refractivity contribution >= 4 is 10.9 Å². The van der Waals surface area contributed by atoms with Gasteiger partial charge in [0.1, 0.15) is 0 Å². The number of hydrogen-bond donors (Lipinski definition) is 1. The van der Waals surface area contributed by atoms with Gasteiger partial charge in [0.15, 0.2) is 0 Å². The highest BCUT2D eigenvalue weighted by atomic mass is 14.7. The molecule has 1 N–H and O–H groups in total. The molecule has 3 aromatic rings. The summed E-state index contributed by atoms with van der Waals surface area (Å²) < 4.78 is 0. The fourth-order valence-corrected chi connectivity index (χ4v) is 3.06. The van der Waals surface area contributed by atoms with E-state index in [2.05, 4.69) is 91.5 Å². The second-order valence-corrected chi connectivity index (χ2v) is 6.14. The molecule has 0 saturated carbocycles. The Morgan fingerprint density at radius 3 is 2.52 bits per heavy atom. The first kappa shape index (κ1) is 15.4. The number of nitrogens with one attached hydrogen (secondary N) is 1. The molecule has 1 nitrogen and oxygen atoms in total. The number of H-pyrrole nitrogens is 1. The van der Waals surface area contributed by atoms with E-state index in [1.54, 1.807) is 0 Å². The van der Waals surface area contributed by atoms with Gasteiger partial charge >= 0.3 is 0 Å². The van der Waals surface area contributed by atoms with Gasteiger partial charge < -0.3 is 4.98 Å².